The molecule has 0 amide bonds. The standard InChI is InChI=1S/C14H17N3O.2ClH.Zr/c1-14(2,3)12-6-4-5-11(13(12)18)9-16-17-8-7-15-10-17;;;/h4-10,18H,1-3H3;2*1H;/q;;;+2/p-2. The Balaban J connectivity index is 0.000000677. The molecule has 1 heterocycles. The van der Waals surface area contributed by atoms with Crippen molar-refractivity contribution in [2.24, 2.45) is 5.10 Å². The van der Waals surface area contributed by atoms with Crippen LogP contribution in [-0.2, 0) is 26.3 Å². The molecule has 0 bridgehead atoms. The number of hydrogen-bond acceptors (Lipinski definition) is 3. The van der Waals surface area contributed by atoms with Gasteiger partial charge in [0.15, 0.2) is 0 Å². The molecule has 21 heavy (non-hydrogen) atoms. The maximum absolute atomic E-state index is 10.2. The molecule has 0 saturated heterocycles. The fourth-order valence-corrected chi connectivity index (χ4v) is 1.72. The van der Waals surface area contributed by atoms with Gasteiger partial charge in [-0.1, -0.05) is 32.9 Å². The number of aromatic nitrogens is 2. The van der Waals surface area contributed by atoms with Crippen molar-refractivity contribution < 1.29 is 26.0 Å². The van der Waals surface area contributed by atoms with Crippen molar-refractivity contribution in [3.05, 3.63) is 48.0 Å². The van der Waals surface area contributed by atoms with E-state index in [2.05, 4.69) is 30.9 Å². The van der Waals surface area contributed by atoms with Crippen molar-refractivity contribution in [2.75, 3.05) is 0 Å². The number of benzene rings is 1. The average Bonchev–Trinajstić information content (AvgIpc) is 2.90. The fraction of sp³-hybridized carbons (Fsp3) is 0.286. The predicted molar refractivity (Wildman–Crippen MR) is 83.7 cm³/mol. The summed E-state index contributed by atoms with van der Waals surface area (Å²) < 4.78 is 1.59. The van der Waals surface area contributed by atoms with Crippen LogP contribution in [0, 0.1) is 0 Å². The van der Waals surface area contributed by atoms with Gasteiger partial charge in [0.1, 0.15) is 12.1 Å². The molecule has 2 rings (SSSR count). The maximum atomic E-state index is 10.2. The molecule has 1 N–H and O–H groups in total. The summed E-state index contributed by atoms with van der Waals surface area (Å²) in [4.78, 5) is 3.90. The molecule has 0 aliphatic carbocycles. The van der Waals surface area contributed by atoms with E-state index in [1.165, 1.54) is 0 Å². The molecule has 0 spiro atoms. The van der Waals surface area contributed by atoms with E-state index in [4.69, 9.17) is 17.0 Å². The molecule has 0 atom stereocenters. The molecule has 0 fully saturated rings. The molecule has 1 aromatic carbocycles. The second-order valence-electron chi connectivity index (χ2n) is 5.25. The fourth-order valence-electron chi connectivity index (χ4n) is 1.72. The minimum atomic E-state index is -0.826. The zero-order chi connectivity index (χ0) is 15.9. The van der Waals surface area contributed by atoms with Gasteiger partial charge in [-0.25, -0.2) is 9.66 Å². The van der Waals surface area contributed by atoms with E-state index in [-0.39, 0.29) is 11.2 Å². The number of aromatic hydroxyl groups is 1. The Bertz CT molecular complexity index is 580. The van der Waals surface area contributed by atoms with Crippen molar-refractivity contribution >= 4 is 23.2 Å². The molecular formula is C14H17Cl2N3OZr. The molecule has 0 aliphatic rings. The molecule has 2 aromatic rings. The van der Waals surface area contributed by atoms with Crippen LogP contribution in [0.1, 0.15) is 31.9 Å². The molecule has 0 aliphatic heterocycles. The number of rotatable bonds is 2. The van der Waals surface area contributed by atoms with Crippen LogP contribution in [0.3, 0.4) is 0 Å². The molecule has 112 valence electrons. The molecular weight excluding hydrogens is 388 g/mol. The second-order valence-corrected chi connectivity index (χ2v) is 8.98. The Hall–Kier alpha value is -0.637. The number of hydrogen-bond donors (Lipinski definition) is 1. The first-order valence-corrected chi connectivity index (χ1v) is 12.5. The van der Waals surface area contributed by atoms with Gasteiger partial charge in [0.25, 0.3) is 0 Å². The average molecular weight is 405 g/mol. The molecule has 0 saturated carbocycles. The third kappa shape index (κ3) is 5.93. The Labute approximate surface area is 143 Å². The number of phenolic OH excluding ortho intramolecular Hbond substituents is 1. The van der Waals surface area contributed by atoms with Crippen molar-refractivity contribution in [2.45, 2.75) is 26.2 Å². The van der Waals surface area contributed by atoms with Crippen LogP contribution in [0.15, 0.2) is 42.0 Å². The molecule has 0 radical (unpaired) electrons. The number of halogens is 2. The Morgan fingerprint density at radius 3 is 2.52 bits per heavy atom. The zero-order valence-electron chi connectivity index (χ0n) is 12.1. The van der Waals surface area contributed by atoms with E-state index in [9.17, 15) is 5.11 Å². The van der Waals surface area contributed by atoms with Crippen LogP contribution >= 0.6 is 17.0 Å². The van der Waals surface area contributed by atoms with Crippen LogP contribution in [0.4, 0.5) is 0 Å². The zero-order valence-corrected chi connectivity index (χ0v) is 16.1. The van der Waals surface area contributed by atoms with E-state index < -0.39 is 20.8 Å². The first-order valence-electron chi connectivity index (χ1n) is 6.21. The summed E-state index contributed by atoms with van der Waals surface area (Å²) in [6.45, 7) is 6.20. The van der Waals surface area contributed by atoms with Gasteiger partial charge in [-0.05, 0) is 17.0 Å². The van der Waals surface area contributed by atoms with E-state index >= 15 is 0 Å². The summed E-state index contributed by atoms with van der Waals surface area (Å²) in [5.41, 5.74) is 1.52. The van der Waals surface area contributed by atoms with E-state index in [0.717, 1.165) is 5.56 Å². The Morgan fingerprint density at radius 2 is 2.00 bits per heavy atom. The molecule has 7 heteroatoms. The number of para-hydroxylation sites is 1. The van der Waals surface area contributed by atoms with Gasteiger partial charge in [0.05, 0.1) is 6.21 Å². The van der Waals surface area contributed by atoms with Crippen LogP contribution in [0.25, 0.3) is 0 Å². The topological polar surface area (TPSA) is 50.4 Å². The summed E-state index contributed by atoms with van der Waals surface area (Å²) in [6.07, 6.45) is 6.62. The van der Waals surface area contributed by atoms with E-state index in [1.54, 1.807) is 29.6 Å². The summed E-state index contributed by atoms with van der Waals surface area (Å²) >= 11 is -0.826. The van der Waals surface area contributed by atoms with Gasteiger partial charge >= 0.3 is 37.9 Å². The number of phenols is 1. The second kappa shape index (κ2) is 8.72. The van der Waals surface area contributed by atoms with Gasteiger partial charge in [-0.2, -0.15) is 5.10 Å². The van der Waals surface area contributed by atoms with Crippen molar-refractivity contribution in [1.82, 2.24) is 9.66 Å². The third-order valence-electron chi connectivity index (χ3n) is 2.70. The molecule has 1 aromatic heterocycles. The van der Waals surface area contributed by atoms with Crippen LogP contribution < -0.4 is 0 Å². The van der Waals surface area contributed by atoms with Gasteiger partial charge in [0.2, 0.25) is 0 Å². The van der Waals surface area contributed by atoms with E-state index in [0.29, 0.717) is 5.56 Å². The third-order valence-corrected chi connectivity index (χ3v) is 2.70. The van der Waals surface area contributed by atoms with Crippen LogP contribution in [-0.4, -0.2) is 21.0 Å². The van der Waals surface area contributed by atoms with Gasteiger partial charge in [-0.3, -0.25) is 0 Å². The normalized spacial score (nSPS) is 11.1. The molecule has 0 unspecified atom stereocenters. The summed E-state index contributed by atoms with van der Waals surface area (Å²) in [5, 5.41) is 14.4. The van der Waals surface area contributed by atoms with Gasteiger partial charge in [0, 0.05) is 18.0 Å². The SMILES string of the molecule is CC(C)(C)c1cccc(C=Nn2ccnc2)c1O.[Cl][Zr][Cl]. The van der Waals surface area contributed by atoms with Crippen molar-refractivity contribution in [1.29, 1.82) is 0 Å². The summed E-state index contributed by atoms with van der Waals surface area (Å²) in [6, 6.07) is 5.70. The van der Waals surface area contributed by atoms with Crippen molar-refractivity contribution in [3.63, 3.8) is 0 Å². The summed E-state index contributed by atoms with van der Waals surface area (Å²) in [7, 11) is 9.87. The van der Waals surface area contributed by atoms with Gasteiger partial charge < -0.3 is 5.11 Å². The monoisotopic (exact) mass is 403 g/mol. The molecule has 4 nitrogen and oxygen atoms in total. The first-order chi connectivity index (χ1) is 9.90. The summed E-state index contributed by atoms with van der Waals surface area (Å²) in [5.74, 6) is 0.286. The Kier molecular flexibility index (Phi) is 7.65. The van der Waals surface area contributed by atoms with Crippen LogP contribution in [0.2, 0.25) is 0 Å². The van der Waals surface area contributed by atoms with E-state index in [1.807, 2.05) is 18.2 Å². The Morgan fingerprint density at radius 1 is 1.33 bits per heavy atom. The quantitative estimate of drug-likeness (QED) is 0.764. The van der Waals surface area contributed by atoms with Gasteiger partial charge in [-0.15, -0.1) is 0 Å². The minimum absolute atomic E-state index is 0.0943. The first kappa shape index (κ1) is 18.4. The number of imidazole rings is 1. The number of nitrogens with zero attached hydrogens (tertiary/aromatic N) is 3. The predicted octanol–water partition coefficient (Wildman–Crippen LogP) is 4.14. The van der Waals surface area contributed by atoms with Crippen LogP contribution in [0.5, 0.6) is 5.75 Å². The van der Waals surface area contributed by atoms with Crippen molar-refractivity contribution in [3.8, 4) is 5.75 Å².